The first-order valence-corrected chi connectivity index (χ1v) is 3.86. The van der Waals surface area contributed by atoms with Crippen molar-refractivity contribution >= 4 is 0 Å². The number of allylic oxidation sites excluding steroid dienone is 3. The van der Waals surface area contributed by atoms with E-state index in [2.05, 4.69) is 18.2 Å². The summed E-state index contributed by atoms with van der Waals surface area (Å²) in [4.78, 5) is 0. The molecule has 56 valence electrons. The Balaban J connectivity index is 2.28. The van der Waals surface area contributed by atoms with Crippen molar-refractivity contribution in [2.75, 3.05) is 6.61 Å². The Morgan fingerprint density at radius 3 is 3.00 bits per heavy atom. The zero-order valence-corrected chi connectivity index (χ0v) is 6.16. The number of hydrogen-bond donors (Lipinski definition) is 1. The molecule has 0 aromatic rings. The van der Waals surface area contributed by atoms with E-state index in [1.807, 2.05) is 6.08 Å². The number of aliphatic hydroxyl groups excluding tert-OH is 1. The maximum atomic E-state index is 8.49. The van der Waals surface area contributed by atoms with Gasteiger partial charge in [0.25, 0.3) is 0 Å². The minimum Gasteiger partial charge on any atom is -0.392 e. The highest BCUT2D eigenvalue weighted by Gasteiger charge is 2.03. The lowest BCUT2D eigenvalue weighted by atomic mass is 9.94. The fourth-order valence-corrected chi connectivity index (χ4v) is 1.25. The smallest absolute Gasteiger partial charge is 0.0612 e. The molecular weight excluding hydrogens is 124 g/mol. The van der Waals surface area contributed by atoms with Gasteiger partial charge in [-0.05, 0) is 25.2 Å². The summed E-state index contributed by atoms with van der Waals surface area (Å²) in [5.74, 6) is 0.678. The van der Waals surface area contributed by atoms with Crippen molar-refractivity contribution in [1.29, 1.82) is 0 Å². The van der Waals surface area contributed by atoms with Crippen LogP contribution in [0.5, 0.6) is 0 Å². The summed E-state index contributed by atoms with van der Waals surface area (Å²) < 4.78 is 0. The van der Waals surface area contributed by atoms with Crippen molar-refractivity contribution in [2.45, 2.75) is 19.3 Å². The third kappa shape index (κ3) is 2.36. The zero-order chi connectivity index (χ0) is 7.23. The molecule has 1 nitrogen and oxygen atoms in total. The Morgan fingerprint density at radius 1 is 1.50 bits per heavy atom. The van der Waals surface area contributed by atoms with Gasteiger partial charge in [0, 0.05) is 0 Å². The predicted octanol–water partition coefficient (Wildman–Crippen LogP) is 1.89. The Labute approximate surface area is 62.1 Å². The molecule has 0 radical (unpaired) electrons. The molecule has 0 saturated carbocycles. The first kappa shape index (κ1) is 7.55. The second-order valence-corrected chi connectivity index (χ2v) is 2.66. The van der Waals surface area contributed by atoms with Gasteiger partial charge in [-0.25, -0.2) is 0 Å². The first-order valence-electron chi connectivity index (χ1n) is 3.86. The average Bonchev–Trinajstić information content (AvgIpc) is 2.03. The molecule has 0 bridgehead atoms. The van der Waals surface area contributed by atoms with Crippen LogP contribution in [0.4, 0.5) is 0 Å². The molecule has 1 rings (SSSR count). The molecule has 1 atom stereocenters. The van der Waals surface area contributed by atoms with Crippen LogP contribution in [0.15, 0.2) is 24.3 Å². The molecule has 0 aromatic carbocycles. The highest BCUT2D eigenvalue weighted by Crippen LogP contribution is 2.18. The number of rotatable bonds is 2. The van der Waals surface area contributed by atoms with Gasteiger partial charge in [-0.1, -0.05) is 24.3 Å². The summed E-state index contributed by atoms with van der Waals surface area (Å²) >= 11 is 0. The van der Waals surface area contributed by atoms with Crippen LogP contribution in [0.1, 0.15) is 19.3 Å². The molecule has 0 saturated heterocycles. The lowest BCUT2D eigenvalue weighted by molar-refractivity contribution is 0.341. The van der Waals surface area contributed by atoms with Gasteiger partial charge in [-0.3, -0.25) is 0 Å². The molecule has 10 heavy (non-hydrogen) atoms. The van der Waals surface area contributed by atoms with Gasteiger partial charge >= 0.3 is 0 Å². The normalized spacial score (nSPS) is 25.9. The summed E-state index contributed by atoms with van der Waals surface area (Å²) in [6.45, 7) is 0.181. The lowest BCUT2D eigenvalue weighted by Crippen LogP contribution is -1.98. The Hall–Kier alpha value is -0.560. The van der Waals surface area contributed by atoms with E-state index in [-0.39, 0.29) is 6.61 Å². The summed E-state index contributed by atoms with van der Waals surface area (Å²) in [7, 11) is 0. The van der Waals surface area contributed by atoms with Crippen LogP contribution in [0.2, 0.25) is 0 Å². The van der Waals surface area contributed by atoms with Gasteiger partial charge in [-0.2, -0.15) is 0 Å². The molecule has 0 aromatic heterocycles. The second-order valence-electron chi connectivity index (χ2n) is 2.66. The van der Waals surface area contributed by atoms with Crippen LogP contribution in [-0.2, 0) is 0 Å². The van der Waals surface area contributed by atoms with Gasteiger partial charge in [0.1, 0.15) is 0 Å². The zero-order valence-electron chi connectivity index (χ0n) is 6.16. The van der Waals surface area contributed by atoms with E-state index in [1.54, 1.807) is 0 Å². The van der Waals surface area contributed by atoms with Crippen LogP contribution in [-0.4, -0.2) is 11.7 Å². The lowest BCUT2D eigenvalue weighted by Gasteiger charge is -2.12. The number of aliphatic hydroxyl groups is 1. The summed E-state index contributed by atoms with van der Waals surface area (Å²) in [6, 6.07) is 0. The Bertz CT molecular complexity index is 136. The largest absolute Gasteiger partial charge is 0.392 e. The van der Waals surface area contributed by atoms with E-state index >= 15 is 0 Å². The third-order valence-electron chi connectivity index (χ3n) is 1.82. The minimum absolute atomic E-state index is 0.181. The molecule has 1 N–H and O–H groups in total. The van der Waals surface area contributed by atoms with Crippen molar-refractivity contribution in [3.63, 3.8) is 0 Å². The summed E-state index contributed by atoms with van der Waals surface area (Å²) in [5, 5.41) is 8.49. The van der Waals surface area contributed by atoms with Crippen molar-refractivity contribution in [2.24, 2.45) is 5.92 Å². The molecule has 1 unspecified atom stereocenters. The van der Waals surface area contributed by atoms with Crippen LogP contribution in [0.25, 0.3) is 0 Å². The maximum absolute atomic E-state index is 8.49. The van der Waals surface area contributed by atoms with Crippen LogP contribution >= 0.6 is 0 Å². The minimum atomic E-state index is 0.181. The van der Waals surface area contributed by atoms with Crippen LogP contribution < -0.4 is 0 Å². The molecule has 1 aliphatic carbocycles. The van der Waals surface area contributed by atoms with Crippen molar-refractivity contribution in [1.82, 2.24) is 0 Å². The molecular formula is C9H14O. The standard InChI is InChI=1S/C9H14O/c10-8-4-7-9-5-2-1-3-6-9/h1-2,4,7,9-10H,3,5-6,8H2/b7-4+. The van der Waals surface area contributed by atoms with E-state index in [4.69, 9.17) is 5.11 Å². The van der Waals surface area contributed by atoms with Crippen molar-refractivity contribution < 1.29 is 5.11 Å². The van der Waals surface area contributed by atoms with Gasteiger partial charge in [0.05, 0.1) is 6.61 Å². The molecule has 1 aliphatic rings. The van der Waals surface area contributed by atoms with Gasteiger partial charge < -0.3 is 5.11 Å². The van der Waals surface area contributed by atoms with E-state index < -0.39 is 0 Å². The molecule has 0 fully saturated rings. The third-order valence-corrected chi connectivity index (χ3v) is 1.82. The summed E-state index contributed by atoms with van der Waals surface area (Å²) in [6.07, 6.45) is 12.0. The van der Waals surface area contributed by atoms with E-state index in [1.165, 1.54) is 12.8 Å². The fraction of sp³-hybridized carbons (Fsp3) is 0.556. The maximum Gasteiger partial charge on any atom is 0.0612 e. The first-order chi connectivity index (χ1) is 4.93. The Morgan fingerprint density at radius 2 is 2.40 bits per heavy atom. The highest BCUT2D eigenvalue weighted by molar-refractivity contribution is 4.98. The summed E-state index contributed by atoms with van der Waals surface area (Å²) in [5.41, 5.74) is 0. The van der Waals surface area contributed by atoms with E-state index in [0.29, 0.717) is 5.92 Å². The van der Waals surface area contributed by atoms with Crippen molar-refractivity contribution in [3.8, 4) is 0 Å². The quantitative estimate of drug-likeness (QED) is 0.578. The number of hydrogen-bond acceptors (Lipinski definition) is 1. The van der Waals surface area contributed by atoms with Gasteiger partial charge in [0.2, 0.25) is 0 Å². The second kappa shape index (κ2) is 4.29. The van der Waals surface area contributed by atoms with Crippen LogP contribution in [0, 0.1) is 5.92 Å². The SMILES string of the molecule is OC/C=C/C1CC=CCC1. The average molecular weight is 138 g/mol. The van der Waals surface area contributed by atoms with Gasteiger partial charge in [-0.15, -0.1) is 0 Å². The molecule has 0 spiro atoms. The molecule has 1 heteroatoms. The van der Waals surface area contributed by atoms with E-state index in [0.717, 1.165) is 6.42 Å². The highest BCUT2D eigenvalue weighted by atomic mass is 16.2. The fourth-order valence-electron chi connectivity index (χ4n) is 1.25. The van der Waals surface area contributed by atoms with E-state index in [9.17, 15) is 0 Å². The molecule has 0 heterocycles. The van der Waals surface area contributed by atoms with Gasteiger partial charge in [0.15, 0.2) is 0 Å². The predicted molar refractivity (Wildman–Crippen MR) is 42.7 cm³/mol. The van der Waals surface area contributed by atoms with Crippen molar-refractivity contribution in [3.05, 3.63) is 24.3 Å². The molecule has 0 aliphatic heterocycles. The Kier molecular flexibility index (Phi) is 3.23. The molecule has 0 amide bonds. The monoisotopic (exact) mass is 138 g/mol. The van der Waals surface area contributed by atoms with Crippen LogP contribution in [0.3, 0.4) is 0 Å². The topological polar surface area (TPSA) is 20.2 Å².